The van der Waals surface area contributed by atoms with Gasteiger partial charge < -0.3 is 9.74 Å². The fraction of sp³-hybridized carbons (Fsp3) is 0.556. The van der Waals surface area contributed by atoms with Crippen LogP contribution in [0.4, 0.5) is 0 Å². The summed E-state index contributed by atoms with van der Waals surface area (Å²) in [6.07, 6.45) is 2.02. The monoisotopic (exact) mass is 300 g/mol. The molecule has 0 aromatic heterocycles. The Hall–Kier alpha value is -1.84. The molecule has 1 fully saturated rings. The van der Waals surface area contributed by atoms with E-state index in [1.165, 1.54) is 0 Å². The Balaban J connectivity index is 1.74. The molecule has 22 heavy (non-hydrogen) atoms. The minimum absolute atomic E-state index is 0.00638. The maximum atomic E-state index is 12.6. The first-order chi connectivity index (χ1) is 10.4. The van der Waals surface area contributed by atoms with Gasteiger partial charge in [0.15, 0.2) is 6.10 Å². The standard InChI is InChI=1S/C18H24N2O2/c1-18(2,3)16-13-10-11-14(15(13)22-19-16)20(4)17(21)12-8-6-5-7-9-12/h5-9,13-15H,10-11H2,1-4H3/t13-,14+,15-/m1/s1. The van der Waals surface area contributed by atoms with Gasteiger partial charge in [-0.2, -0.15) is 0 Å². The van der Waals surface area contributed by atoms with Crippen LogP contribution in [0.5, 0.6) is 0 Å². The smallest absolute Gasteiger partial charge is 0.253 e. The third kappa shape index (κ3) is 2.51. The lowest BCUT2D eigenvalue weighted by atomic mass is 9.81. The average Bonchev–Trinajstić information content (AvgIpc) is 3.07. The highest BCUT2D eigenvalue weighted by atomic mass is 16.6. The largest absolute Gasteiger partial charge is 0.390 e. The number of nitrogens with zero attached hydrogens (tertiary/aromatic N) is 2. The molecule has 0 radical (unpaired) electrons. The van der Waals surface area contributed by atoms with Crippen molar-refractivity contribution in [2.24, 2.45) is 16.5 Å². The first-order valence-electron chi connectivity index (χ1n) is 7.96. The highest BCUT2D eigenvalue weighted by Crippen LogP contribution is 2.41. The molecule has 0 unspecified atom stereocenters. The Kier molecular flexibility index (Phi) is 3.71. The zero-order chi connectivity index (χ0) is 15.9. The Morgan fingerprint density at radius 1 is 1.23 bits per heavy atom. The van der Waals surface area contributed by atoms with Crippen molar-refractivity contribution in [2.75, 3.05) is 7.05 Å². The van der Waals surface area contributed by atoms with Crippen LogP contribution in [0.1, 0.15) is 44.0 Å². The van der Waals surface area contributed by atoms with Crippen molar-refractivity contribution in [3.63, 3.8) is 0 Å². The second-order valence-electron chi connectivity index (χ2n) is 7.33. The summed E-state index contributed by atoms with van der Waals surface area (Å²) >= 11 is 0. The summed E-state index contributed by atoms with van der Waals surface area (Å²) in [6.45, 7) is 6.51. The summed E-state index contributed by atoms with van der Waals surface area (Å²) < 4.78 is 0. The summed E-state index contributed by atoms with van der Waals surface area (Å²) in [5.74, 6) is 0.398. The van der Waals surface area contributed by atoms with Crippen molar-refractivity contribution in [3.05, 3.63) is 35.9 Å². The zero-order valence-corrected chi connectivity index (χ0v) is 13.7. The van der Waals surface area contributed by atoms with Crippen molar-refractivity contribution < 1.29 is 9.63 Å². The van der Waals surface area contributed by atoms with Crippen LogP contribution in [-0.4, -0.2) is 35.7 Å². The summed E-state index contributed by atoms with van der Waals surface area (Å²) in [5, 5.41) is 4.33. The Labute approximate surface area is 132 Å². The molecule has 3 atom stereocenters. The number of oxime groups is 1. The molecule has 0 spiro atoms. The van der Waals surface area contributed by atoms with Crippen molar-refractivity contribution in [1.82, 2.24) is 4.90 Å². The van der Waals surface area contributed by atoms with E-state index in [9.17, 15) is 4.79 Å². The van der Waals surface area contributed by atoms with Gasteiger partial charge in [-0.25, -0.2) is 0 Å². The molecule has 1 aromatic rings. The molecule has 1 aromatic carbocycles. The molecule has 118 valence electrons. The number of carbonyl (C=O) groups excluding carboxylic acids is 1. The molecule has 1 aliphatic carbocycles. The van der Waals surface area contributed by atoms with Gasteiger partial charge in [0.05, 0.1) is 11.8 Å². The number of likely N-dealkylation sites (N-methyl/N-ethyl adjacent to an activating group) is 1. The Morgan fingerprint density at radius 3 is 2.55 bits per heavy atom. The van der Waals surface area contributed by atoms with E-state index >= 15 is 0 Å². The van der Waals surface area contributed by atoms with E-state index in [-0.39, 0.29) is 23.5 Å². The lowest BCUT2D eigenvalue weighted by Gasteiger charge is -2.28. The van der Waals surface area contributed by atoms with Crippen molar-refractivity contribution in [1.29, 1.82) is 0 Å². The van der Waals surface area contributed by atoms with Crippen LogP contribution < -0.4 is 0 Å². The van der Waals surface area contributed by atoms with E-state index in [0.717, 1.165) is 24.1 Å². The molecule has 1 saturated carbocycles. The van der Waals surface area contributed by atoms with E-state index in [1.807, 2.05) is 42.3 Å². The zero-order valence-electron chi connectivity index (χ0n) is 13.7. The third-order valence-corrected chi connectivity index (χ3v) is 4.78. The molecule has 0 N–H and O–H groups in total. The van der Waals surface area contributed by atoms with E-state index in [4.69, 9.17) is 4.84 Å². The Morgan fingerprint density at radius 2 is 1.91 bits per heavy atom. The highest BCUT2D eigenvalue weighted by Gasteiger charge is 2.49. The molecule has 3 rings (SSSR count). The van der Waals surface area contributed by atoms with Crippen LogP contribution >= 0.6 is 0 Å². The first-order valence-corrected chi connectivity index (χ1v) is 7.96. The molecule has 1 amide bonds. The summed E-state index contributed by atoms with van der Waals surface area (Å²) in [7, 11) is 1.88. The normalized spacial score (nSPS) is 27.1. The number of hydrogen-bond acceptors (Lipinski definition) is 3. The van der Waals surface area contributed by atoms with Gasteiger partial charge in [0.2, 0.25) is 0 Å². The van der Waals surface area contributed by atoms with Crippen molar-refractivity contribution in [3.8, 4) is 0 Å². The predicted octanol–water partition coefficient (Wildman–Crippen LogP) is 3.34. The summed E-state index contributed by atoms with van der Waals surface area (Å²) in [6, 6.07) is 9.53. The maximum absolute atomic E-state index is 12.6. The molecule has 0 saturated heterocycles. The minimum Gasteiger partial charge on any atom is -0.390 e. The van der Waals surface area contributed by atoms with Crippen molar-refractivity contribution >= 4 is 11.6 Å². The fourth-order valence-electron chi connectivity index (χ4n) is 3.61. The second kappa shape index (κ2) is 5.41. The van der Waals surface area contributed by atoms with E-state index in [0.29, 0.717) is 5.92 Å². The van der Waals surface area contributed by atoms with E-state index in [2.05, 4.69) is 25.9 Å². The predicted molar refractivity (Wildman–Crippen MR) is 86.8 cm³/mol. The molecular formula is C18H24N2O2. The first kappa shape index (κ1) is 15.1. The number of rotatable bonds is 2. The van der Waals surface area contributed by atoms with Gasteiger partial charge in [0, 0.05) is 23.9 Å². The highest BCUT2D eigenvalue weighted by molar-refractivity contribution is 5.95. The maximum Gasteiger partial charge on any atom is 0.253 e. The molecule has 4 nitrogen and oxygen atoms in total. The number of hydrogen-bond donors (Lipinski definition) is 0. The summed E-state index contributed by atoms with van der Waals surface area (Å²) in [5.41, 5.74) is 1.89. The SMILES string of the molecule is CN(C(=O)c1ccccc1)[C@H]1CC[C@H]2C(C(C)(C)C)=NO[C@H]21. The van der Waals surface area contributed by atoms with Crippen LogP contribution in [0.2, 0.25) is 0 Å². The quantitative estimate of drug-likeness (QED) is 0.840. The molecule has 1 heterocycles. The second-order valence-corrected chi connectivity index (χ2v) is 7.33. The van der Waals surface area contributed by atoms with E-state index in [1.54, 1.807) is 0 Å². The van der Waals surface area contributed by atoms with Crippen LogP contribution in [0.15, 0.2) is 35.5 Å². The summed E-state index contributed by atoms with van der Waals surface area (Å²) in [4.78, 5) is 20.2. The third-order valence-electron chi connectivity index (χ3n) is 4.78. The fourth-order valence-corrected chi connectivity index (χ4v) is 3.61. The Bertz CT molecular complexity index is 589. The van der Waals surface area contributed by atoms with Gasteiger partial charge in [-0.15, -0.1) is 0 Å². The lowest BCUT2D eigenvalue weighted by molar-refractivity contribution is 0.0180. The van der Waals surface area contributed by atoms with Gasteiger partial charge in [0.25, 0.3) is 5.91 Å². The number of amides is 1. The van der Waals surface area contributed by atoms with Crippen LogP contribution in [0, 0.1) is 11.3 Å². The number of carbonyl (C=O) groups is 1. The molecule has 1 aliphatic heterocycles. The number of benzene rings is 1. The van der Waals surface area contributed by atoms with E-state index < -0.39 is 0 Å². The number of fused-ring (bicyclic) bond motifs is 1. The van der Waals surface area contributed by atoms with Gasteiger partial charge in [-0.3, -0.25) is 4.79 Å². The average molecular weight is 300 g/mol. The van der Waals surface area contributed by atoms with Gasteiger partial charge in [-0.1, -0.05) is 44.1 Å². The molecular weight excluding hydrogens is 276 g/mol. The van der Waals surface area contributed by atoms with Crippen LogP contribution in [-0.2, 0) is 4.84 Å². The minimum atomic E-state index is 0.00638. The topological polar surface area (TPSA) is 41.9 Å². The van der Waals surface area contributed by atoms with Gasteiger partial charge in [-0.05, 0) is 25.0 Å². The van der Waals surface area contributed by atoms with Gasteiger partial charge in [0.1, 0.15) is 0 Å². The molecule has 0 bridgehead atoms. The van der Waals surface area contributed by atoms with Crippen LogP contribution in [0.25, 0.3) is 0 Å². The lowest BCUT2D eigenvalue weighted by Crippen LogP contribution is -2.44. The van der Waals surface area contributed by atoms with Gasteiger partial charge >= 0.3 is 0 Å². The van der Waals surface area contributed by atoms with Crippen LogP contribution in [0.3, 0.4) is 0 Å². The molecule has 4 heteroatoms. The molecule has 2 aliphatic rings. The van der Waals surface area contributed by atoms with Crippen molar-refractivity contribution in [2.45, 2.75) is 45.8 Å².